The highest BCUT2D eigenvalue weighted by atomic mass is 32.2. The van der Waals surface area contributed by atoms with E-state index in [1.807, 2.05) is 0 Å². The summed E-state index contributed by atoms with van der Waals surface area (Å²) in [6, 6.07) is 4.83. The summed E-state index contributed by atoms with van der Waals surface area (Å²) in [4.78, 5) is 9.80. The Morgan fingerprint density at radius 3 is 2.38 bits per heavy atom. The second-order valence-electron chi connectivity index (χ2n) is 2.98. The SMILES string of the molecule is O=C(O)Cc1ccccc1S(=O)(=O)C(F)F. The molecule has 7 heteroatoms. The molecule has 1 aromatic carbocycles. The van der Waals surface area contributed by atoms with Gasteiger partial charge in [-0.2, -0.15) is 8.78 Å². The summed E-state index contributed by atoms with van der Waals surface area (Å²) >= 11 is 0. The minimum atomic E-state index is -4.75. The van der Waals surface area contributed by atoms with Crippen LogP contribution >= 0.6 is 0 Å². The van der Waals surface area contributed by atoms with Crippen LogP contribution in [0.1, 0.15) is 5.56 Å². The van der Waals surface area contributed by atoms with Crippen LogP contribution in [0.2, 0.25) is 0 Å². The highest BCUT2D eigenvalue weighted by Gasteiger charge is 2.29. The fourth-order valence-electron chi connectivity index (χ4n) is 1.19. The average Bonchev–Trinajstić information content (AvgIpc) is 2.17. The summed E-state index contributed by atoms with van der Waals surface area (Å²) < 4.78 is 46.9. The lowest BCUT2D eigenvalue weighted by molar-refractivity contribution is -0.136. The average molecular weight is 250 g/mol. The lowest BCUT2D eigenvalue weighted by atomic mass is 10.1. The number of benzene rings is 1. The number of hydrogen-bond acceptors (Lipinski definition) is 3. The first kappa shape index (κ1) is 12.6. The summed E-state index contributed by atoms with van der Waals surface area (Å²) in [5.74, 6) is -4.83. The van der Waals surface area contributed by atoms with Gasteiger partial charge in [-0.25, -0.2) is 8.42 Å². The topological polar surface area (TPSA) is 71.4 Å². The molecule has 0 amide bonds. The van der Waals surface area contributed by atoms with Crippen molar-refractivity contribution in [2.24, 2.45) is 0 Å². The molecule has 0 saturated carbocycles. The third-order valence-corrected chi connectivity index (χ3v) is 3.34. The first-order chi connectivity index (χ1) is 7.35. The lowest BCUT2D eigenvalue weighted by Crippen LogP contribution is -2.15. The summed E-state index contributed by atoms with van der Waals surface area (Å²) in [7, 11) is -4.75. The fraction of sp³-hybridized carbons (Fsp3) is 0.222. The molecule has 0 aliphatic rings. The zero-order valence-electron chi connectivity index (χ0n) is 7.93. The van der Waals surface area contributed by atoms with Crippen LogP contribution in [-0.2, 0) is 21.1 Å². The maximum atomic E-state index is 12.3. The quantitative estimate of drug-likeness (QED) is 0.874. The largest absolute Gasteiger partial charge is 0.481 e. The van der Waals surface area contributed by atoms with E-state index in [-0.39, 0.29) is 5.56 Å². The van der Waals surface area contributed by atoms with E-state index in [2.05, 4.69) is 0 Å². The number of carboxylic acid groups (broad SMARTS) is 1. The van der Waals surface area contributed by atoms with Crippen LogP contribution in [-0.4, -0.2) is 25.3 Å². The van der Waals surface area contributed by atoms with Gasteiger partial charge in [-0.05, 0) is 11.6 Å². The second kappa shape index (κ2) is 4.56. The summed E-state index contributed by atoms with van der Waals surface area (Å²) in [5.41, 5.74) is -0.143. The highest BCUT2D eigenvalue weighted by Crippen LogP contribution is 2.22. The Kier molecular flexibility index (Phi) is 3.58. The van der Waals surface area contributed by atoms with Crippen LogP contribution in [0, 0.1) is 0 Å². The zero-order chi connectivity index (χ0) is 12.3. The van der Waals surface area contributed by atoms with Crippen LogP contribution in [0.4, 0.5) is 8.78 Å². The van der Waals surface area contributed by atoms with Gasteiger partial charge in [0.2, 0.25) is 9.84 Å². The number of sulfone groups is 1. The molecular formula is C9H8F2O4S. The Labute approximate surface area is 90.4 Å². The molecule has 0 spiro atoms. The Bertz CT molecular complexity index is 496. The number of aliphatic carboxylic acids is 1. The predicted molar refractivity (Wildman–Crippen MR) is 51.0 cm³/mol. The third-order valence-electron chi connectivity index (χ3n) is 1.86. The maximum Gasteiger partial charge on any atom is 0.341 e. The van der Waals surface area contributed by atoms with Gasteiger partial charge in [0.15, 0.2) is 0 Å². The monoisotopic (exact) mass is 250 g/mol. The number of rotatable bonds is 4. The Balaban J connectivity index is 3.29. The normalized spacial score (nSPS) is 11.7. The van der Waals surface area contributed by atoms with Gasteiger partial charge in [0.25, 0.3) is 0 Å². The number of halogens is 2. The number of carbonyl (C=O) groups is 1. The minimum Gasteiger partial charge on any atom is -0.481 e. The minimum absolute atomic E-state index is 0.143. The second-order valence-corrected chi connectivity index (χ2v) is 4.87. The number of alkyl halides is 2. The third kappa shape index (κ3) is 2.54. The molecule has 16 heavy (non-hydrogen) atoms. The van der Waals surface area contributed by atoms with Crippen LogP contribution in [0.3, 0.4) is 0 Å². The van der Waals surface area contributed by atoms with Gasteiger partial charge in [-0.3, -0.25) is 4.79 Å². The van der Waals surface area contributed by atoms with Gasteiger partial charge in [0, 0.05) is 0 Å². The Hall–Kier alpha value is -1.50. The van der Waals surface area contributed by atoms with Crippen LogP contribution in [0.5, 0.6) is 0 Å². The van der Waals surface area contributed by atoms with Gasteiger partial charge in [0.05, 0.1) is 11.3 Å². The van der Waals surface area contributed by atoms with E-state index in [4.69, 9.17) is 5.11 Å². The molecule has 4 nitrogen and oxygen atoms in total. The number of hydrogen-bond donors (Lipinski definition) is 1. The van der Waals surface area contributed by atoms with Crippen molar-refractivity contribution in [3.05, 3.63) is 29.8 Å². The van der Waals surface area contributed by atoms with E-state index >= 15 is 0 Å². The Morgan fingerprint density at radius 1 is 1.31 bits per heavy atom. The van der Waals surface area contributed by atoms with Crippen molar-refractivity contribution < 1.29 is 27.1 Å². The molecule has 0 fully saturated rings. The molecule has 0 saturated heterocycles. The van der Waals surface area contributed by atoms with Gasteiger partial charge >= 0.3 is 11.7 Å². The van der Waals surface area contributed by atoms with E-state index in [0.717, 1.165) is 6.07 Å². The van der Waals surface area contributed by atoms with Gasteiger partial charge in [-0.1, -0.05) is 18.2 Å². The summed E-state index contributed by atoms with van der Waals surface area (Å²) in [5, 5.41) is 8.51. The molecule has 0 bridgehead atoms. The van der Waals surface area contributed by atoms with E-state index in [1.54, 1.807) is 0 Å². The molecule has 1 N–H and O–H groups in total. The van der Waals surface area contributed by atoms with Crippen LogP contribution in [0.15, 0.2) is 29.2 Å². The van der Waals surface area contributed by atoms with E-state index in [0.29, 0.717) is 0 Å². The highest BCUT2D eigenvalue weighted by molar-refractivity contribution is 7.91. The smallest absolute Gasteiger partial charge is 0.341 e. The molecule has 0 radical (unpaired) electrons. The van der Waals surface area contributed by atoms with Gasteiger partial charge in [0.1, 0.15) is 0 Å². The molecule has 1 aromatic rings. The van der Waals surface area contributed by atoms with E-state index < -0.39 is 32.9 Å². The van der Waals surface area contributed by atoms with Crippen LogP contribution < -0.4 is 0 Å². The zero-order valence-corrected chi connectivity index (χ0v) is 8.75. The van der Waals surface area contributed by atoms with Gasteiger partial charge in [-0.15, -0.1) is 0 Å². The lowest BCUT2D eigenvalue weighted by Gasteiger charge is -2.07. The first-order valence-electron chi connectivity index (χ1n) is 4.17. The van der Waals surface area contributed by atoms with Crippen molar-refractivity contribution in [1.29, 1.82) is 0 Å². The maximum absolute atomic E-state index is 12.3. The Morgan fingerprint density at radius 2 is 1.88 bits per heavy atom. The molecule has 88 valence electrons. The molecule has 0 heterocycles. The van der Waals surface area contributed by atoms with Crippen molar-refractivity contribution in [2.45, 2.75) is 17.1 Å². The van der Waals surface area contributed by atoms with Crippen molar-refractivity contribution >= 4 is 15.8 Å². The van der Waals surface area contributed by atoms with Gasteiger partial charge < -0.3 is 5.11 Å². The first-order valence-corrected chi connectivity index (χ1v) is 5.72. The van der Waals surface area contributed by atoms with E-state index in [1.165, 1.54) is 18.2 Å². The van der Waals surface area contributed by atoms with Crippen molar-refractivity contribution in [1.82, 2.24) is 0 Å². The standard InChI is InChI=1S/C9H8F2O4S/c10-9(11)16(14,15)7-4-2-1-3-6(7)5-8(12)13/h1-4,9H,5H2,(H,12,13). The molecule has 1 rings (SSSR count). The fourth-order valence-corrected chi connectivity index (χ4v) is 2.15. The summed E-state index contributed by atoms with van der Waals surface area (Å²) in [6.45, 7) is 0. The van der Waals surface area contributed by atoms with Crippen molar-refractivity contribution in [3.8, 4) is 0 Å². The summed E-state index contributed by atoms with van der Waals surface area (Å²) in [6.07, 6.45) is -0.609. The molecule has 0 aromatic heterocycles. The van der Waals surface area contributed by atoms with Crippen LogP contribution in [0.25, 0.3) is 0 Å². The molecular weight excluding hydrogens is 242 g/mol. The number of carboxylic acids is 1. The molecule has 0 unspecified atom stereocenters. The van der Waals surface area contributed by atoms with Crippen molar-refractivity contribution in [2.75, 3.05) is 0 Å². The predicted octanol–water partition coefficient (Wildman–Crippen LogP) is 1.31. The van der Waals surface area contributed by atoms with E-state index in [9.17, 15) is 22.0 Å². The molecule has 0 atom stereocenters. The molecule has 0 aliphatic carbocycles. The molecule has 0 aliphatic heterocycles. The van der Waals surface area contributed by atoms with Crippen molar-refractivity contribution in [3.63, 3.8) is 0 Å².